The second-order valence-electron chi connectivity index (χ2n) is 7.81. The van der Waals surface area contributed by atoms with Crippen LogP contribution < -0.4 is 0 Å². The summed E-state index contributed by atoms with van der Waals surface area (Å²) in [6, 6.07) is 0. The van der Waals surface area contributed by atoms with Crippen LogP contribution in [0.25, 0.3) is 0 Å². The molecule has 4 nitrogen and oxygen atoms in total. The lowest BCUT2D eigenvalue weighted by atomic mass is 10.0. The average Bonchev–Trinajstić information content (AvgIpc) is 2.64. The Bertz CT molecular complexity index is 292. The fraction of sp³-hybridized carbons (Fsp3) is 0.957. The smallest absolute Gasteiger partial charge is 0.303 e. The first kappa shape index (κ1) is 28.6. The molecule has 0 aromatic heterocycles. The summed E-state index contributed by atoms with van der Waals surface area (Å²) in [5, 5.41) is 25.8. The third kappa shape index (κ3) is 27.7. The van der Waals surface area contributed by atoms with Gasteiger partial charge in [-0.2, -0.15) is 0 Å². The lowest BCUT2D eigenvalue weighted by Gasteiger charge is -2.08. The number of unbranched alkanes of at least 4 members (excludes halogenated alkanes) is 14. The highest BCUT2D eigenvalue weighted by atomic mass is 16.4. The number of aliphatic hydroxyl groups excluding tert-OH is 2. The predicted octanol–water partition coefficient (Wildman–Crippen LogP) is 6.47. The van der Waals surface area contributed by atoms with Crippen molar-refractivity contribution in [1.82, 2.24) is 0 Å². The van der Waals surface area contributed by atoms with Crippen molar-refractivity contribution >= 4 is 5.97 Å². The standard InChI is InChI=1S/C18H36O2.C5H12O2/c1-2-3-4-5-6-7-8-9-10-11-12-13-14-15-16-17-18(19)20;1-3-5(7)4(2)6/h2-17H2,1H3,(H,19,20);4-7H,3H2,1-2H3. The topological polar surface area (TPSA) is 77.8 Å². The minimum Gasteiger partial charge on any atom is -0.481 e. The van der Waals surface area contributed by atoms with Gasteiger partial charge in [-0.3, -0.25) is 4.79 Å². The average molecular weight is 389 g/mol. The molecular formula is C23H48O4. The van der Waals surface area contributed by atoms with Crippen LogP contribution in [0.3, 0.4) is 0 Å². The number of rotatable bonds is 18. The second kappa shape index (κ2) is 23.4. The molecule has 2 unspecified atom stereocenters. The zero-order valence-electron chi connectivity index (χ0n) is 18.4. The van der Waals surface area contributed by atoms with Crippen LogP contribution in [0.5, 0.6) is 0 Å². The molecule has 0 aromatic rings. The SMILES string of the molecule is CCC(O)C(C)O.CCCCCCCCCCCCCCCCCC(=O)O. The first-order valence-electron chi connectivity index (χ1n) is 11.5. The number of aliphatic carboxylic acids is 1. The summed E-state index contributed by atoms with van der Waals surface area (Å²) >= 11 is 0. The summed E-state index contributed by atoms with van der Waals surface area (Å²) in [5.74, 6) is -0.653. The third-order valence-corrected chi connectivity index (χ3v) is 4.97. The van der Waals surface area contributed by atoms with E-state index in [9.17, 15) is 4.79 Å². The van der Waals surface area contributed by atoms with Crippen molar-refractivity contribution in [2.24, 2.45) is 0 Å². The Kier molecular flexibility index (Phi) is 24.8. The molecule has 0 spiro atoms. The minimum atomic E-state index is -0.653. The van der Waals surface area contributed by atoms with Crippen molar-refractivity contribution in [2.45, 2.75) is 142 Å². The van der Waals surface area contributed by atoms with Gasteiger partial charge in [0.2, 0.25) is 0 Å². The summed E-state index contributed by atoms with van der Waals surface area (Å²) in [6.07, 6.45) is 19.7. The van der Waals surface area contributed by atoms with Gasteiger partial charge in [-0.1, -0.05) is 104 Å². The summed E-state index contributed by atoms with van der Waals surface area (Å²) < 4.78 is 0. The van der Waals surface area contributed by atoms with Crippen molar-refractivity contribution < 1.29 is 20.1 Å². The van der Waals surface area contributed by atoms with Gasteiger partial charge < -0.3 is 15.3 Å². The van der Waals surface area contributed by atoms with Crippen molar-refractivity contribution in [2.75, 3.05) is 0 Å². The van der Waals surface area contributed by atoms with Crippen LogP contribution in [0.15, 0.2) is 0 Å². The molecule has 0 fully saturated rings. The summed E-state index contributed by atoms with van der Waals surface area (Å²) in [6.45, 7) is 5.68. The molecule has 0 aliphatic rings. The Labute approximate surface area is 168 Å². The van der Waals surface area contributed by atoms with Gasteiger partial charge in [-0.15, -0.1) is 0 Å². The van der Waals surface area contributed by atoms with E-state index in [0.29, 0.717) is 12.8 Å². The van der Waals surface area contributed by atoms with Crippen LogP contribution in [0.1, 0.15) is 130 Å². The van der Waals surface area contributed by atoms with Crippen LogP contribution in [-0.4, -0.2) is 33.5 Å². The van der Waals surface area contributed by atoms with E-state index in [0.717, 1.165) is 12.8 Å². The highest BCUT2D eigenvalue weighted by Gasteiger charge is 2.05. The van der Waals surface area contributed by atoms with Crippen molar-refractivity contribution in [3.63, 3.8) is 0 Å². The zero-order valence-corrected chi connectivity index (χ0v) is 18.4. The van der Waals surface area contributed by atoms with E-state index in [-0.39, 0.29) is 0 Å². The van der Waals surface area contributed by atoms with Crippen LogP contribution in [0.4, 0.5) is 0 Å². The molecule has 0 aromatic carbocycles. The molecule has 0 bridgehead atoms. The first-order chi connectivity index (χ1) is 13.0. The number of carbonyl (C=O) groups is 1. The number of hydrogen-bond donors (Lipinski definition) is 3. The van der Waals surface area contributed by atoms with Gasteiger partial charge in [0.05, 0.1) is 12.2 Å². The van der Waals surface area contributed by atoms with Gasteiger partial charge in [0, 0.05) is 6.42 Å². The normalized spacial score (nSPS) is 12.9. The molecule has 27 heavy (non-hydrogen) atoms. The maximum atomic E-state index is 10.3. The number of carboxylic acid groups (broad SMARTS) is 1. The largest absolute Gasteiger partial charge is 0.481 e. The van der Waals surface area contributed by atoms with Crippen LogP contribution in [0, 0.1) is 0 Å². The Balaban J connectivity index is 0. The molecule has 0 amide bonds. The molecular weight excluding hydrogens is 340 g/mol. The van der Waals surface area contributed by atoms with E-state index >= 15 is 0 Å². The van der Waals surface area contributed by atoms with Crippen LogP contribution in [0.2, 0.25) is 0 Å². The van der Waals surface area contributed by atoms with E-state index in [2.05, 4.69) is 6.92 Å². The van der Waals surface area contributed by atoms with Crippen LogP contribution in [-0.2, 0) is 4.79 Å². The van der Waals surface area contributed by atoms with Crippen molar-refractivity contribution in [3.8, 4) is 0 Å². The molecule has 0 aliphatic heterocycles. The molecule has 0 saturated carbocycles. The van der Waals surface area contributed by atoms with Crippen molar-refractivity contribution in [1.29, 1.82) is 0 Å². The maximum Gasteiger partial charge on any atom is 0.303 e. The second-order valence-corrected chi connectivity index (χ2v) is 7.81. The zero-order chi connectivity index (χ0) is 20.8. The Morgan fingerprint density at radius 1 is 0.667 bits per heavy atom. The molecule has 2 atom stereocenters. The Morgan fingerprint density at radius 2 is 1.00 bits per heavy atom. The van der Waals surface area contributed by atoms with E-state index in [4.69, 9.17) is 15.3 Å². The lowest BCUT2D eigenvalue weighted by molar-refractivity contribution is -0.137. The molecule has 0 radical (unpaired) electrons. The fourth-order valence-electron chi connectivity index (χ4n) is 2.99. The Morgan fingerprint density at radius 3 is 1.22 bits per heavy atom. The first-order valence-corrected chi connectivity index (χ1v) is 11.5. The van der Waals surface area contributed by atoms with Crippen LogP contribution >= 0.6 is 0 Å². The van der Waals surface area contributed by atoms with Gasteiger partial charge in [0.15, 0.2) is 0 Å². The predicted molar refractivity (Wildman–Crippen MR) is 115 cm³/mol. The molecule has 0 aliphatic carbocycles. The molecule has 4 heteroatoms. The monoisotopic (exact) mass is 388 g/mol. The molecule has 164 valence electrons. The molecule has 0 heterocycles. The highest BCUT2D eigenvalue weighted by molar-refractivity contribution is 5.66. The molecule has 0 rings (SSSR count). The number of carboxylic acids is 1. The quantitative estimate of drug-likeness (QED) is 0.235. The third-order valence-electron chi connectivity index (χ3n) is 4.97. The Hall–Kier alpha value is -0.610. The maximum absolute atomic E-state index is 10.3. The number of aliphatic hydroxyl groups is 2. The van der Waals surface area contributed by atoms with Gasteiger partial charge >= 0.3 is 5.97 Å². The molecule has 3 N–H and O–H groups in total. The number of hydrogen-bond acceptors (Lipinski definition) is 3. The van der Waals surface area contributed by atoms with Gasteiger partial charge in [-0.25, -0.2) is 0 Å². The summed E-state index contributed by atoms with van der Waals surface area (Å²) in [5.41, 5.74) is 0. The highest BCUT2D eigenvalue weighted by Crippen LogP contribution is 2.13. The minimum absolute atomic E-state index is 0.345. The summed E-state index contributed by atoms with van der Waals surface area (Å²) in [4.78, 5) is 10.3. The fourth-order valence-corrected chi connectivity index (χ4v) is 2.99. The van der Waals surface area contributed by atoms with E-state index in [1.54, 1.807) is 6.92 Å². The lowest BCUT2D eigenvalue weighted by Crippen LogP contribution is -2.20. The van der Waals surface area contributed by atoms with Gasteiger partial charge in [0.1, 0.15) is 0 Å². The van der Waals surface area contributed by atoms with E-state index in [1.807, 2.05) is 6.92 Å². The molecule has 0 saturated heterocycles. The summed E-state index contributed by atoms with van der Waals surface area (Å²) in [7, 11) is 0. The van der Waals surface area contributed by atoms with Gasteiger partial charge in [-0.05, 0) is 19.8 Å². The van der Waals surface area contributed by atoms with Crippen molar-refractivity contribution in [3.05, 3.63) is 0 Å². The van der Waals surface area contributed by atoms with E-state index in [1.165, 1.54) is 83.5 Å². The van der Waals surface area contributed by atoms with Gasteiger partial charge in [0.25, 0.3) is 0 Å². The van der Waals surface area contributed by atoms with E-state index < -0.39 is 18.2 Å².